The van der Waals surface area contributed by atoms with Gasteiger partial charge in [0.1, 0.15) is 0 Å². The van der Waals surface area contributed by atoms with Crippen LogP contribution in [0.1, 0.15) is 42.4 Å². The summed E-state index contributed by atoms with van der Waals surface area (Å²) in [5.74, 6) is 5.73. The first-order valence-corrected chi connectivity index (χ1v) is 7.10. The van der Waals surface area contributed by atoms with Gasteiger partial charge < -0.3 is 0 Å². The summed E-state index contributed by atoms with van der Waals surface area (Å²) in [5, 5.41) is 10.2. The Balaban J connectivity index is 2.36. The van der Waals surface area contributed by atoms with E-state index in [2.05, 4.69) is 41.0 Å². The first-order valence-electron chi connectivity index (χ1n) is 6.22. The third-order valence-corrected chi connectivity index (χ3v) is 3.99. The van der Waals surface area contributed by atoms with Gasteiger partial charge in [0.15, 0.2) is 0 Å². The van der Waals surface area contributed by atoms with Crippen molar-refractivity contribution in [2.45, 2.75) is 39.3 Å². The molecule has 3 N–H and O–H groups in total. The molecule has 98 valence electrons. The van der Waals surface area contributed by atoms with Gasteiger partial charge in [0.2, 0.25) is 0 Å². The van der Waals surface area contributed by atoms with Crippen molar-refractivity contribution in [3.63, 3.8) is 0 Å². The van der Waals surface area contributed by atoms with Crippen LogP contribution < -0.4 is 11.3 Å². The van der Waals surface area contributed by atoms with E-state index in [9.17, 15) is 0 Å². The van der Waals surface area contributed by atoms with Gasteiger partial charge in [-0.1, -0.05) is 19.1 Å². The van der Waals surface area contributed by atoms with Crippen molar-refractivity contribution in [3.8, 4) is 0 Å². The van der Waals surface area contributed by atoms with E-state index in [0.717, 1.165) is 25.1 Å². The number of thiophene rings is 1. The maximum atomic E-state index is 5.73. The van der Waals surface area contributed by atoms with Crippen molar-refractivity contribution in [3.05, 3.63) is 33.8 Å². The van der Waals surface area contributed by atoms with Crippen LogP contribution in [0, 0.1) is 0 Å². The number of aryl methyl sites for hydroxylation is 2. The molecular weight excluding hydrogens is 246 g/mol. The second-order valence-corrected chi connectivity index (χ2v) is 5.09. The summed E-state index contributed by atoms with van der Waals surface area (Å²) >= 11 is 1.72. The van der Waals surface area contributed by atoms with Crippen molar-refractivity contribution < 1.29 is 0 Å². The van der Waals surface area contributed by atoms with Gasteiger partial charge >= 0.3 is 0 Å². The Morgan fingerprint density at radius 1 is 1.50 bits per heavy atom. The minimum absolute atomic E-state index is 0.0264. The van der Waals surface area contributed by atoms with Crippen LogP contribution in [-0.4, -0.2) is 15.0 Å². The summed E-state index contributed by atoms with van der Waals surface area (Å²) in [5.41, 5.74) is 5.24. The SMILES string of the molecule is CCCn1nncc1C(NN)c1sccc1CC. The molecule has 1 atom stereocenters. The minimum Gasteiger partial charge on any atom is -0.270 e. The van der Waals surface area contributed by atoms with Crippen molar-refractivity contribution in [2.75, 3.05) is 0 Å². The molecule has 0 spiro atoms. The summed E-state index contributed by atoms with van der Waals surface area (Å²) in [6.45, 7) is 5.14. The van der Waals surface area contributed by atoms with E-state index in [0.29, 0.717) is 0 Å². The Morgan fingerprint density at radius 2 is 2.33 bits per heavy atom. The third-order valence-electron chi connectivity index (χ3n) is 2.97. The highest BCUT2D eigenvalue weighted by Gasteiger charge is 2.21. The quantitative estimate of drug-likeness (QED) is 0.618. The fourth-order valence-electron chi connectivity index (χ4n) is 2.06. The van der Waals surface area contributed by atoms with Crippen molar-refractivity contribution >= 4 is 11.3 Å². The van der Waals surface area contributed by atoms with Crippen molar-refractivity contribution in [1.29, 1.82) is 0 Å². The van der Waals surface area contributed by atoms with Gasteiger partial charge in [0.05, 0.1) is 17.9 Å². The van der Waals surface area contributed by atoms with Crippen LogP contribution in [0.3, 0.4) is 0 Å². The van der Waals surface area contributed by atoms with Crippen LogP contribution in [0.15, 0.2) is 17.6 Å². The standard InChI is InChI=1S/C12H19N5S/c1-3-6-17-10(8-14-16-17)11(15-13)12-9(4-2)5-7-18-12/h5,7-8,11,15H,3-4,6,13H2,1-2H3. The zero-order chi connectivity index (χ0) is 13.0. The molecule has 2 rings (SSSR count). The molecule has 5 nitrogen and oxygen atoms in total. The molecule has 0 aliphatic carbocycles. The topological polar surface area (TPSA) is 68.8 Å². The smallest absolute Gasteiger partial charge is 0.0989 e. The van der Waals surface area contributed by atoms with E-state index in [1.165, 1.54) is 10.4 Å². The number of hydrogen-bond donors (Lipinski definition) is 2. The second-order valence-electron chi connectivity index (χ2n) is 4.15. The fourth-order valence-corrected chi connectivity index (χ4v) is 3.13. The second kappa shape index (κ2) is 6.08. The zero-order valence-electron chi connectivity index (χ0n) is 10.8. The molecule has 1 unspecified atom stereocenters. The summed E-state index contributed by atoms with van der Waals surface area (Å²) in [6, 6.07) is 2.12. The summed E-state index contributed by atoms with van der Waals surface area (Å²) in [7, 11) is 0. The molecule has 2 aromatic heterocycles. The average molecular weight is 265 g/mol. The largest absolute Gasteiger partial charge is 0.270 e. The molecule has 0 amide bonds. The van der Waals surface area contributed by atoms with E-state index in [1.807, 2.05) is 4.68 Å². The van der Waals surface area contributed by atoms with E-state index in [1.54, 1.807) is 17.5 Å². The Labute approximate surface area is 111 Å². The lowest BCUT2D eigenvalue weighted by molar-refractivity contribution is 0.514. The number of nitrogens with two attached hydrogens (primary N) is 1. The Morgan fingerprint density at radius 3 is 3.00 bits per heavy atom. The van der Waals surface area contributed by atoms with Crippen LogP contribution in [0.2, 0.25) is 0 Å². The molecule has 0 aliphatic heterocycles. The van der Waals surface area contributed by atoms with Gasteiger partial charge in [-0.2, -0.15) is 0 Å². The van der Waals surface area contributed by atoms with Gasteiger partial charge in [-0.25, -0.2) is 10.1 Å². The highest BCUT2D eigenvalue weighted by atomic mass is 32.1. The first kappa shape index (κ1) is 13.2. The highest BCUT2D eigenvalue weighted by molar-refractivity contribution is 7.10. The van der Waals surface area contributed by atoms with Gasteiger partial charge in [-0.05, 0) is 29.9 Å². The lowest BCUT2D eigenvalue weighted by Crippen LogP contribution is -2.30. The van der Waals surface area contributed by atoms with E-state index < -0.39 is 0 Å². The predicted molar refractivity (Wildman–Crippen MR) is 73.2 cm³/mol. The molecule has 0 aromatic carbocycles. The molecule has 0 radical (unpaired) electrons. The lowest BCUT2D eigenvalue weighted by Gasteiger charge is -2.17. The van der Waals surface area contributed by atoms with E-state index in [4.69, 9.17) is 5.84 Å². The molecule has 0 aliphatic rings. The van der Waals surface area contributed by atoms with E-state index >= 15 is 0 Å². The number of nitrogens with zero attached hydrogens (tertiary/aromatic N) is 3. The molecule has 0 saturated heterocycles. The number of aromatic nitrogens is 3. The number of hydrazine groups is 1. The molecular formula is C12H19N5S. The Kier molecular flexibility index (Phi) is 4.46. The average Bonchev–Trinajstić information content (AvgIpc) is 3.01. The van der Waals surface area contributed by atoms with Gasteiger partial charge in [-0.15, -0.1) is 16.4 Å². The van der Waals surface area contributed by atoms with Crippen LogP contribution >= 0.6 is 11.3 Å². The molecule has 2 heterocycles. The monoisotopic (exact) mass is 265 g/mol. The number of nitrogens with one attached hydrogen (secondary N) is 1. The third kappa shape index (κ3) is 2.45. The molecule has 18 heavy (non-hydrogen) atoms. The first-order chi connectivity index (χ1) is 8.81. The van der Waals surface area contributed by atoms with Gasteiger partial charge in [-0.3, -0.25) is 5.84 Å². The fraction of sp³-hybridized carbons (Fsp3) is 0.500. The normalized spacial score (nSPS) is 12.8. The Hall–Kier alpha value is -1.24. The molecule has 2 aromatic rings. The zero-order valence-corrected chi connectivity index (χ0v) is 11.6. The molecule has 0 saturated carbocycles. The molecule has 0 fully saturated rings. The number of hydrogen-bond acceptors (Lipinski definition) is 5. The van der Waals surface area contributed by atoms with E-state index in [-0.39, 0.29) is 6.04 Å². The Bertz CT molecular complexity index is 490. The maximum absolute atomic E-state index is 5.73. The minimum atomic E-state index is -0.0264. The molecule has 0 bridgehead atoms. The molecule has 6 heteroatoms. The summed E-state index contributed by atoms with van der Waals surface area (Å²) in [4.78, 5) is 1.25. The van der Waals surface area contributed by atoms with Crippen LogP contribution in [0.4, 0.5) is 0 Å². The predicted octanol–water partition coefficient (Wildman–Crippen LogP) is 1.86. The van der Waals surface area contributed by atoms with Crippen molar-refractivity contribution in [1.82, 2.24) is 20.4 Å². The van der Waals surface area contributed by atoms with Crippen LogP contribution in [0.25, 0.3) is 0 Å². The van der Waals surface area contributed by atoms with Gasteiger partial charge in [0.25, 0.3) is 0 Å². The van der Waals surface area contributed by atoms with Crippen LogP contribution in [0.5, 0.6) is 0 Å². The summed E-state index contributed by atoms with van der Waals surface area (Å²) < 4.78 is 1.92. The lowest BCUT2D eigenvalue weighted by atomic mass is 10.1. The summed E-state index contributed by atoms with van der Waals surface area (Å²) in [6.07, 6.45) is 3.82. The van der Waals surface area contributed by atoms with Crippen molar-refractivity contribution in [2.24, 2.45) is 5.84 Å². The van der Waals surface area contributed by atoms with Gasteiger partial charge in [0, 0.05) is 11.4 Å². The maximum Gasteiger partial charge on any atom is 0.0989 e. The number of rotatable bonds is 6. The van der Waals surface area contributed by atoms with Crippen LogP contribution in [-0.2, 0) is 13.0 Å². The highest BCUT2D eigenvalue weighted by Crippen LogP contribution is 2.29.